The van der Waals surface area contributed by atoms with Crippen LogP contribution in [0.2, 0.25) is 0 Å². The van der Waals surface area contributed by atoms with Gasteiger partial charge >= 0.3 is 0 Å². The minimum atomic E-state index is 0.106. The lowest BCUT2D eigenvalue weighted by molar-refractivity contribution is 0.323. The van der Waals surface area contributed by atoms with E-state index in [9.17, 15) is 0 Å². The lowest BCUT2D eigenvalue weighted by atomic mass is 9.85. The summed E-state index contributed by atoms with van der Waals surface area (Å²) < 4.78 is 5.65. The zero-order valence-electron chi connectivity index (χ0n) is 9.20. The molecule has 0 N–H and O–H groups in total. The first kappa shape index (κ1) is 8.77. The Balaban J connectivity index is 1.92. The molecule has 2 aliphatic carbocycles. The van der Waals surface area contributed by atoms with Crippen molar-refractivity contribution in [1.29, 1.82) is 0 Å². The van der Waals surface area contributed by atoms with Crippen LogP contribution in [-0.2, 0) is 11.2 Å². The Labute approximate surface area is 95.4 Å². The number of benzene rings is 1. The summed E-state index contributed by atoms with van der Waals surface area (Å²) in [5.41, 5.74) is 6.05. The van der Waals surface area contributed by atoms with Crippen LogP contribution in [0.3, 0.4) is 0 Å². The van der Waals surface area contributed by atoms with E-state index in [-0.39, 0.29) is 5.60 Å². The van der Waals surface area contributed by atoms with Gasteiger partial charge in [-0.05, 0) is 41.2 Å². The topological polar surface area (TPSA) is 12.5 Å². The fourth-order valence-electron chi connectivity index (χ4n) is 3.39. The number of ether oxygens (including phenoxy) is 1. The van der Waals surface area contributed by atoms with Crippen molar-refractivity contribution in [2.75, 3.05) is 6.61 Å². The van der Waals surface area contributed by atoms with E-state index in [1.807, 2.05) is 6.08 Å². The Morgan fingerprint density at radius 2 is 2.38 bits per heavy atom. The number of fused-ring (bicyclic) bond motifs is 6. The Kier molecular flexibility index (Phi) is 1.46. The van der Waals surface area contributed by atoms with Crippen LogP contribution in [-0.4, -0.2) is 12.2 Å². The van der Waals surface area contributed by atoms with Crippen LogP contribution in [0.5, 0.6) is 0 Å². The molecule has 1 heteroatoms. The van der Waals surface area contributed by atoms with Crippen LogP contribution in [0.25, 0.3) is 5.57 Å². The normalized spacial score (nSPS) is 32.8. The second kappa shape index (κ2) is 2.67. The van der Waals surface area contributed by atoms with Gasteiger partial charge in [-0.2, -0.15) is 0 Å². The lowest BCUT2D eigenvalue weighted by Gasteiger charge is -2.18. The van der Waals surface area contributed by atoms with Gasteiger partial charge in [0.15, 0.2) is 0 Å². The highest BCUT2D eigenvalue weighted by Crippen LogP contribution is 2.60. The molecule has 3 aliphatic rings. The van der Waals surface area contributed by atoms with E-state index in [1.54, 1.807) is 0 Å². The maximum absolute atomic E-state index is 5.65. The molecular formula is C15H14O. The molecule has 2 bridgehead atoms. The Morgan fingerprint density at radius 3 is 3.12 bits per heavy atom. The summed E-state index contributed by atoms with van der Waals surface area (Å²) in [6.45, 7) is 4.76. The molecular weight excluding hydrogens is 196 g/mol. The van der Waals surface area contributed by atoms with Gasteiger partial charge in [-0.1, -0.05) is 24.3 Å². The third-order valence-corrected chi connectivity index (χ3v) is 4.15. The molecule has 0 aromatic heterocycles. The van der Waals surface area contributed by atoms with Crippen molar-refractivity contribution in [2.24, 2.45) is 0 Å². The molecule has 80 valence electrons. The maximum Gasteiger partial charge on any atom is 0.117 e. The number of hydrogen-bond acceptors (Lipinski definition) is 1. The molecule has 1 fully saturated rings. The molecule has 1 nitrogen and oxygen atoms in total. The summed E-state index contributed by atoms with van der Waals surface area (Å²) in [6, 6.07) is 6.67. The molecule has 16 heavy (non-hydrogen) atoms. The first-order chi connectivity index (χ1) is 7.84. The third-order valence-electron chi connectivity index (χ3n) is 4.15. The number of rotatable bonds is 2. The molecule has 1 spiro atoms. The van der Waals surface area contributed by atoms with E-state index in [1.165, 1.54) is 28.7 Å². The van der Waals surface area contributed by atoms with Crippen molar-refractivity contribution in [3.63, 3.8) is 0 Å². The summed E-state index contributed by atoms with van der Waals surface area (Å²) in [5.74, 6) is 0.599. The van der Waals surface area contributed by atoms with Crippen LogP contribution in [0.1, 0.15) is 29.0 Å². The average molecular weight is 210 g/mol. The van der Waals surface area contributed by atoms with E-state index in [0.717, 1.165) is 13.0 Å². The van der Waals surface area contributed by atoms with Gasteiger partial charge in [0.2, 0.25) is 0 Å². The highest BCUT2D eigenvalue weighted by molar-refractivity contribution is 5.82. The zero-order chi connectivity index (χ0) is 10.8. The Hall–Kier alpha value is -1.34. The van der Waals surface area contributed by atoms with E-state index in [4.69, 9.17) is 4.74 Å². The van der Waals surface area contributed by atoms with Gasteiger partial charge < -0.3 is 4.74 Å². The molecule has 2 atom stereocenters. The van der Waals surface area contributed by atoms with Crippen molar-refractivity contribution >= 4 is 5.57 Å². The first-order valence-corrected chi connectivity index (χ1v) is 5.93. The van der Waals surface area contributed by atoms with Crippen LogP contribution in [0.15, 0.2) is 36.9 Å². The van der Waals surface area contributed by atoms with E-state index in [2.05, 4.69) is 30.9 Å². The molecule has 0 radical (unpaired) electrons. The van der Waals surface area contributed by atoms with E-state index >= 15 is 0 Å². The predicted molar refractivity (Wildman–Crippen MR) is 64.4 cm³/mol. The Morgan fingerprint density at radius 1 is 1.50 bits per heavy atom. The number of epoxide rings is 1. The molecule has 0 amide bonds. The molecule has 1 aromatic rings. The van der Waals surface area contributed by atoms with Crippen molar-refractivity contribution in [3.05, 3.63) is 53.6 Å². The standard InChI is InChI=1S/C15H14O/c1-2-4-10-5-3-6-12-13-7-11(14(10)12)8-15(13)9-16-15/h2-3,5-6,8,13H,1,4,7,9H2. The smallest absolute Gasteiger partial charge is 0.117 e. The van der Waals surface area contributed by atoms with Crippen LogP contribution in [0, 0.1) is 0 Å². The van der Waals surface area contributed by atoms with Gasteiger partial charge in [-0.25, -0.2) is 0 Å². The van der Waals surface area contributed by atoms with Gasteiger partial charge in [0.05, 0.1) is 6.61 Å². The largest absolute Gasteiger partial charge is 0.364 e. The summed E-state index contributed by atoms with van der Waals surface area (Å²) in [7, 11) is 0. The maximum atomic E-state index is 5.65. The van der Waals surface area contributed by atoms with Gasteiger partial charge in [0.1, 0.15) is 5.60 Å². The molecule has 1 aliphatic heterocycles. The molecule has 1 saturated heterocycles. The van der Waals surface area contributed by atoms with Gasteiger partial charge in [-0.15, -0.1) is 6.58 Å². The molecule has 1 aromatic carbocycles. The first-order valence-electron chi connectivity index (χ1n) is 5.93. The van der Waals surface area contributed by atoms with Gasteiger partial charge in [-0.3, -0.25) is 0 Å². The van der Waals surface area contributed by atoms with Gasteiger partial charge in [0, 0.05) is 5.92 Å². The average Bonchev–Trinajstić information content (AvgIpc) is 2.81. The Bertz CT molecular complexity index is 520. The predicted octanol–water partition coefficient (Wildman–Crippen LogP) is 3.07. The zero-order valence-corrected chi connectivity index (χ0v) is 9.20. The second-order valence-electron chi connectivity index (χ2n) is 5.04. The second-order valence-corrected chi connectivity index (χ2v) is 5.04. The molecule has 2 unspecified atom stereocenters. The van der Waals surface area contributed by atoms with Crippen LogP contribution < -0.4 is 0 Å². The fraction of sp³-hybridized carbons (Fsp3) is 0.333. The molecule has 1 heterocycles. The SMILES string of the molecule is C=CCc1cccc2c1C1=CC3(CO3)C2C1. The van der Waals surface area contributed by atoms with Crippen molar-refractivity contribution < 1.29 is 4.74 Å². The molecule has 4 rings (SSSR count). The van der Waals surface area contributed by atoms with E-state index < -0.39 is 0 Å². The summed E-state index contributed by atoms with van der Waals surface area (Å²) in [4.78, 5) is 0. The van der Waals surface area contributed by atoms with Crippen molar-refractivity contribution in [3.8, 4) is 0 Å². The number of hydrogen-bond donors (Lipinski definition) is 0. The summed E-state index contributed by atoms with van der Waals surface area (Å²) in [6.07, 6.45) is 6.52. The number of allylic oxidation sites excluding steroid dienone is 2. The monoisotopic (exact) mass is 210 g/mol. The molecule has 0 saturated carbocycles. The van der Waals surface area contributed by atoms with Crippen molar-refractivity contribution in [1.82, 2.24) is 0 Å². The van der Waals surface area contributed by atoms with Gasteiger partial charge in [0.25, 0.3) is 0 Å². The third kappa shape index (κ3) is 0.903. The fourth-order valence-corrected chi connectivity index (χ4v) is 3.39. The van der Waals surface area contributed by atoms with Crippen LogP contribution in [0.4, 0.5) is 0 Å². The van der Waals surface area contributed by atoms with Crippen molar-refractivity contribution in [2.45, 2.75) is 24.4 Å². The van der Waals surface area contributed by atoms with E-state index in [0.29, 0.717) is 5.92 Å². The summed E-state index contributed by atoms with van der Waals surface area (Å²) in [5, 5.41) is 0. The minimum absolute atomic E-state index is 0.106. The lowest BCUT2D eigenvalue weighted by Crippen LogP contribution is -2.16. The summed E-state index contributed by atoms with van der Waals surface area (Å²) >= 11 is 0. The highest BCUT2D eigenvalue weighted by Gasteiger charge is 2.58. The quantitative estimate of drug-likeness (QED) is 0.540. The van der Waals surface area contributed by atoms with Crippen LogP contribution >= 0.6 is 0 Å². The highest BCUT2D eigenvalue weighted by atomic mass is 16.6. The minimum Gasteiger partial charge on any atom is -0.364 e.